The molecule has 0 unspecified atom stereocenters. The standard InChI is InChI=1S/C22H23N3O5S3/c26-21(24-22-23-17(14-32-22)20-3-1-12-31-20)15-6-8-25(9-7-15)33(27,28)16-4-5-18-19(13-16)30-11-2-10-29-18/h1,3-5,12-15H,2,6-11H2,(H,23,24,26). The predicted molar refractivity (Wildman–Crippen MR) is 128 cm³/mol. The van der Waals surface area contributed by atoms with Crippen molar-refractivity contribution in [3.63, 3.8) is 0 Å². The lowest BCUT2D eigenvalue weighted by Crippen LogP contribution is -2.41. The number of thiophene rings is 1. The molecule has 0 saturated carbocycles. The number of amides is 1. The van der Waals surface area contributed by atoms with Crippen molar-refractivity contribution < 1.29 is 22.7 Å². The highest BCUT2D eigenvalue weighted by Crippen LogP contribution is 2.34. The molecule has 174 valence electrons. The number of carbonyl (C=O) groups excluding carboxylic acids is 1. The second-order valence-corrected chi connectivity index (χ2v) is 11.6. The van der Waals surface area contributed by atoms with Crippen molar-refractivity contribution in [3.05, 3.63) is 41.1 Å². The second kappa shape index (κ2) is 9.41. The number of aromatic nitrogens is 1. The normalized spacial score (nSPS) is 17.5. The molecule has 0 aliphatic carbocycles. The van der Waals surface area contributed by atoms with Crippen molar-refractivity contribution in [3.8, 4) is 22.1 Å². The van der Waals surface area contributed by atoms with Crippen LogP contribution in [-0.2, 0) is 14.8 Å². The molecule has 1 saturated heterocycles. The fourth-order valence-electron chi connectivity index (χ4n) is 3.89. The van der Waals surface area contributed by atoms with Gasteiger partial charge in [0, 0.05) is 36.9 Å². The summed E-state index contributed by atoms with van der Waals surface area (Å²) in [4.78, 5) is 18.5. The number of anilines is 1. The van der Waals surface area contributed by atoms with Gasteiger partial charge in [-0.15, -0.1) is 22.7 Å². The molecule has 5 rings (SSSR count). The molecule has 0 atom stereocenters. The van der Waals surface area contributed by atoms with E-state index in [4.69, 9.17) is 9.47 Å². The second-order valence-electron chi connectivity index (χ2n) is 7.84. The molecular weight excluding hydrogens is 482 g/mol. The quantitative estimate of drug-likeness (QED) is 0.561. The van der Waals surface area contributed by atoms with Gasteiger partial charge >= 0.3 is 0 Å². The molecule has 2 aromatic heterocycles. The Bertz CT molecular complexity index is 1230. The van der Waals surface area contributed by atoms with Gasteiger partial charge in [-0.2, -0.15) is 4.31 Å². The lowest BCUT2D eigenvalue weighted by molar-refractivity contribution is -0.120. The number of benzene rings is 1. The first-order chi connectivity index (χ1) is 16.0. The average Bonchev–Trinajstić information content (AvgIpc) is 3.46. The van der Waals surface area contributed by atoms with Crippen LogP contribution in [0.2, 0.25) is 0 Å². The van der Waals surface area contributed by atoms with Crippen LogP contribution < -0.4 is 14.8 Å². The fraction of sp³-hybridized carbons (Fsp3) is 0.364. The van der Waals surface area contributed by atoms with Crippen molar-refractivity contribution in [1.29, 1.82) is 0 Å². The van der Waals surface area contributed by atoms with Gasteiger partial charge in [-0.25, -0.2) is 13.4 Å². The summed E-state index contributed by atoms with van der Waals surface area (Å²) in [6.45, 7) is 1.61. The summed E-state index contributed by atoms with van der Waals surface area (Å²) in [5.74, 6) is 0.642. The summed E-state index contributed by atoms with van der Waals surface area (Å²) in [6.07, 6.45) is 1.67. The van der Waals surface area contributed by atoms with Crippen LogP contribution in [-0.4, -0.2) is 49.9 Å². The van der Waals surface area contributed by atoms with Crippen molar-refractivity contribution in [2.24, 2.45) is 5.92 Å². The number of carbonyl (C=O) groups is 1. The Morgan fingerprint density at radius 3 is 2.64 bits per heavy atom. The molecule has 0 bridgehead atoms. The van der Waals surface area contributed by atoms with Crippen LogP contribution in [0.5, 0.6) is 11.5 Å². The third kappa shape index (κ3) is 4.77. The van der Waals surface area contributed by atoms with E-state index in [1.54, 1.807) is 23.5 Å². The van der Waals surface area contributed by atoms with Crippen LogP contribution in [0.15, 0.2) is 46.0 Å². The van der Waals surface area contributed by atoms with Gasteiger partial charge in [0.15, 0.2) is 16.6 Å². The summed E-state index contributed by atoms with van der Waals surface area (Å²) in [7, 11) is -3.68. The Hall–Kier alpha value is -2.47. The number of nitrogens with one attached hydrogen (secondary N) is 1. The topological polar surface area (TPSA) is 97.8 Å². The average molecular weight is 506 g/mol. The minimum Gasteiger partial charge on any atom is -0.490 e. The number of piperidine rings is 1. The largest absolute Gasteiger partial charge is 0.490 e. The number of ether oxygens (including phenoxy) is 2. The van der Waals surface area contributed by atoms with Crippen molar-refractivity contribution in [2.45, 2.75) is 24.2 Å². The first-order valence-corrected chi connectivity index (χ1v) is 13.9. The Kier molecular flexibility index (Phi) is 6.37. The van der Waals surface area contributed by atoms with Gasteiger partial charge in [0.05, 0.1) is 28.7 Å². The minimum atomic E-state index is -3.68. The van der Waals surface area contributed by atoms with Crippen molar-refractivity contribution in [1.82, 2.24) is 9.29 Å². The smallest absolute Gasteiger partial charge is 0.243 e. The van der Waals surface area contributed by atoms with E-state index < -0.39 is 10.0 Å². The molecule has 2 aliphatic heterocycles. The molecule has 4 heterocycles. The molecule has 8 nitrogen and oxygen atoms in total. The highest BCUT2D eigenvalue weighted by molar-refractivity contribution is 7.89. The molecule has 3 aromatic rings. The number of hydrogen-bond donors (Lipinski definition) is 1. The van der Waals surface area contributed by atoms with E-state index in [-0.39, 0.29) is 29.8 Å². The van der Waals surface area contributed by atoms with E-state index in [1.165, 1.54) is 21.7 Å². The SMILES string of the molecule is O=C(Nc1nc(-c2cccs2)cs1)C1CCN(S(=O)(=O)c2ccc3c(c2)OCCCO3)CC1. The lowest BCUT2D eigenvalue weighted by atomic mass is 9.97. The van der Waals surface area contributed by atoms with Crippen LogP contribution in [0.25, 0.3) is 10.6 Å². The highest BCUT2D eigenvalue weighted by atomic mass is 32.2. The zero-order valence-electron chi connectivity index (χ0n) is 17.7. The molecule has 0 radical (unpaired) electrons. The molecule has 2 aliphatic rings. The van der Waals surface area contributed by atoms with E-state index in [2.05, 4.69) is 10.3 Å². The molecule has 1 amide bonds. The minimum absolute atomic E-state index is 0.116. The van der Waals surface area contributed by atoms with Crippen LogP contribution >= 0.6 is 22.7 Å². The summed E-state index contributed by atoms with van der Waals surface area (Å²) in [5.41, 5.74) is 0.848. The summed E-state index contributed by atoms with van der Waals surface area (Å²) < 4.78 is 39.0. The zero-order valence-corrected chi connectivity index (χ0v) is 20.2. The van der Waals surface area contributed by atoms with Crippen molar-refractivity contribution in [2.75, 3.05) is 31.6 Å². The maximum absolute atomic E-state index is 13.2. The van der Waals surface area contributed by atoms with E-state index in [9.17, 15) is 13.2 Å². The molecule has 1 aromatic carbocycles. The molecule has 1 fully saturated rings. The Balaban J connectivity index is 1.20. The number of thiazole rings is 1. The van der Waals surface area contributed by atoms with E-state index in [1.807, 2.05) is 22.9 Å². The van der Waals surface area contributed by atoms with Gasteiger partial charge in [-0.05, 0) is 36.4 Å². The van der Waals surface area contributed by atoms with Crippen molar-refractivity contribution >= 4 is 43.7 Å². The number of sulfonamides is 1. The van der Waals surface area contributed by atoms with Crippen LogP contribution in [0.3, 0.4) is 0 Å². The predicted octanol–water partition coefficient (Wildman–Crippen LogP) is 4.07. The Labute approximate surface area is 200 Å². The van der Waals surface area contributed by atoms with Gasteiger partial charge in [0.1, 0.15) is 0 Å². The first-order valence-electron chi connectivity index (χ1n) is 10.7. The first kappa shape index (κ1) is 22.3. The van der Waals surface area contributed by atoms with E-state index in [0.717, 1.165) is 17.0 Å². The number of rotatable bonds is 5. The Morgan fingerprint density at radius 1 is 1.09 bits per heavy atom. The van der Waals surface area contributed by atoms with Gasteiger partial charge in [-0.1, -0.05) is 6.07 Å². The van der Waals surface area contributed by atoms with Gasteiger partial charge in [0.25, 0.3) is 0 Å². The molecular formula is C22H23N3O5S3. The monoisotopic (exact) mass is 505 g/mol. The Morgan fingerprint density at radius 2 is 1.88 bits per heavy atom. The highest BCUT2D eigenvalue weighted by Gasteiger charge is 2.33. The fourth-order valence-corrected chi connectivity index (χ4v) is 6.85. The third-order valence-electron chi connectivity index (χ3n) is 5.69. The van der Waals surface area contributed by atoms with Crippen LogP contribution in [0, 0.1) is 5.92 Å². The van der Waals surface area contributed by atoms with Gasteiger partial charge in [0.2, 0.25) is 15.9 Å². The van der Waals surface area contributed by atoms with E-state index >= 15 is 0 Å². The molecule has 11 heteroatoms. The lowest BCUT2D eigenvalue weighted by Gasteiger charge is -2.30. The van der Waals surface area contributed by atoms with Crippen LogP contribution in [0.1, 0.15) is 19.3 Å². The molecule has 33 heavy (non-hydrogen) atoms. The van der Waals surface area contributed by atoms with Gasteiger partial charge in [-0.3, -0.25) is 4.79 Å². The van der Waals surface area contributed by atoms with Gasteiger partial charge < -0.3 is 14.8 Å². The zero-order chi connectivity index (χ0) is 22.8. The third-order valence-corrected chi connectivity index (χ3v) is 9.23. The summed E-state index contributed by atoms with van der Waals surface area (Å²) >= 11 is 2.99. The number of nitrogens with zero attached hydrogens (tertiary/aromatic N) is 2. The summed E-state index contributed by atoms with van der Waals surface area (Å²) in [5, 5.41) is 7.36. The number of hydrogen-bond acceptors (Lipinski definition) is 8. The molecule has 1 N–H and O–H groups in total. The molecule has 0 spiro atoms. The summed E-state index contributed by atoms with van der Waals surface area (Å²) in [6, 6.07) is 8.68. The maximum atomic E-state index is 13.2. The number of fused-ring (bicyclic) bond motifs is 1. The van der Waals surface area contributed by atoms with E-state index in [0.29, 0.717) is 42.7 Å². The maximum Gasteiger partial charge on any atom is 0.243 e. The van der Waals surface area contributed by atoms with Crippen LogP contribution in [0.4, 0.5) is 5.13 Å².